The van der Waals surface area contributed by atoms with E-state index in [4.69, 9.17) is 8.85 Å². The average Bonchev–Trinajstić information content (AvgIpc) is 3.91. The fourth-order valence-corrected chi connectivity index (χ4v) is 22.1. The fraction of sp³-hybridized carbons (Fsp3) is 0.290. The second kappa shape index (κ2) is 18.6. The first kappa shape index (κ1) is 45.3. The molecule has 6 aromatic rings. The molecule has 2 atom stereocenters. The van der Waals surface area contributed by atoms with E-state index in [2.05, 4.69) is 224 Å². The van der Waals surface area contributed by atoms with E-state index in [-0.39, 0.29) is 31.4 Å². The Kier molecular flexibility index (Phi) is 12.5. The lowest BCUT2D eigenvalue weighted by atomic mass is 9.84. The first-order chi connectivity index (χ1) is 32.5. The summed E-state index contributed by atoms with van der Waals surface area (Å²) < 4.78 is 15.7. The van der Waals surface area contributed by atoms with Crippen LogP contribution in [0.3, 0.4) is 0 Å². The maximum atomic E-state index is 7.85. The highest BCUT2D eigenvalue weighted by Crippen LogP contribution is 2.51. The second-order valence-electron chi connectivity index (χ2n) is 21.5. The minimum Gasteiger partial charge on any atom is -0.536 e. The minimum atomic E-state index is -2.80. The summed E-state index contributed by atoms with van der Waals surface area (Å²) in [6.07, 6.45) is 14.5. The molecule has 0 spiro atoms. The molecule has 5 heteroatoms. The Balaban J connectivity index is 0.934. The third kappa shape index (κ3) is 8.46. The van der Waals surface area contributed by atoms with Gasteiger partial charge in [0.15, 0.2) is 0 Å². The summed E-state index contributed by atoms with van der Waals surface area (Å²) in [5.41, 5.74) is 8.87. The normalized spacial score (nSPS) is 18.8. The summed E-state index contributed by atoms with van der Waals surface area (Å²) in [7, 11) is -5.67. The Labute approximate surface area is 405 Å². The number of allylic oxidation sites excluding steroid dienone is 6. The highest BCUT2D eigenvalue weighted by Gasteiger charge is 2.55. The molecule has 0 aromatic heterocycles. The summed E-state index contributed by atoms with van der Waals surface area (Å²) in [4.78, 5) is 0. The van der Waals surface area contributed by atoms with Crippen LogP contribution in [0.15, 0.2) is 216 Å². The molecule has 0 N–H and O–H groups in total. The van der Waals surface area contributed by atoms with Crippen LogP contribution in [0.1, 0.15) is 116 Å². The lowest BCUT2D eigenvalue weighted by Gasteiger charge is -2.44. The Hall–Kier alpha value is -5.47. The minimum absolute atomic E-state index is 0.0727. The number of hydrogen-bond donors (Lipinski definition) is 0. The Morgan fingerprint density at radius 2 is 0.687 bits per heavy atom. The molecule has 10 rings (SSSR count). The molecule has 67 heavy (non-hydrogen) atoms. The molecule has 0 heterocycles. The van der Waals surface area contributed by atoms with E-state index < -0.39 is 16.6 Å². The maximum absolute atomic E-state index is 7.85. The van der Waals surface area contributed by atoms with Gasteiger partial charge in [0.05, 0.1) is 23.4 Å². The molecule has 0 bridgehead atoms. The van der Waals surface area contributed by atoms with Crippen LogP contribution in [-0.2, 0) is 8.85 Å². The monoisotopic (exact) mass is 927 g/mol. The smallest absolute Gasteiger partial charge is 0.319 e. The molecule has 4 aliphatic rings. The zero-order valence-corrected chi connectivity index (χ0v) is 43.7. The van der Waals surface area contributed by atoms with Gasteiger partial charge in [0, 0.05) is 0 Å². The van der Waals surface area contributed by atoms with E-state index in [1.807, 2.05) is 0 Å². The maximum Gasteiger partial charge on any atom is 0.319 e. The molecule has 6 aromatic carbocycles. The van der Waals surface area contributed by atoms with Gasteiger partial charge >= 0.3 is 16.6 Å². The van der Waals surface area contributed by atoms with Crippen LogP contribution in [0, 0.1) is 0 Å². The Morgan fingerprint density at radius 1 is 0.388 bits per heavy atom. The van der Waals surface area contributed by atoms with Gasteiger partial charge in [-0.1, -0.05) is 233 Å². The van der Waals surface area contributed by atoms with Gasteiger partial charge in [0.25, 0.3) is 0 Å². The number of benzene rings is 6. The third-order valence-corrected chi connectivity index (χ3v) is 26.6. The third-order valence-electron chi connectivity index (χ3n) is 15.3. The highest BCUT2D eigenvalue weighted by atomic mass is 28.4. The van der Waals surface area contributed by atoms with Gasteiger partial charge in [-0.3, -0.25) is 0 Å². The van der Waals surface area contributed by atoms with Crippen LogP contribution >= 0.6 is 0 Å². The van der Waals surface area contributed by atoms with Gasteiger partial charge in [0.1, 0.15) is 9.52 Å². The largest absolute Gasteiger partial charge is 0.536 e. The van der Waals surface area contributed by atoms with Gasteiger partial charge in [0.2, 0.25) is 0 Å². The zero-order valence-electron chi connectivity index (χ0n) is 40.5. The van der Waals surface area contributed by atoms with Gasteiger partial charge in [-0.15, -0.1) is 0 Å². The van der Waals surface area contributed by atoms with Gasteiger partial charge < -0.3 is 8.85 Å². The van der Waals surface area contributed by atoms with Crippen LogP contribution in [0.5, 0.6) is 0 Å². The van der Waals surface area contributed by atoms with Crippen LogP contribution in [-0.4, -0.2) is 26.2 Å². The summed E-state index contributed by atoms with van der Waals surface area (Å²) >= 11 is 0. The molecule has 1 radical (unpaired) electrons. The van der Waals surface area contributed by atoms with Crippen molar-refractivity contribution in [2.24, 2.45) is 0 Å². The van der Waals surface area contributed by atoms with Crippen LogP contribution in [0.25, 0.3) is 0 Å². The molecule has 0 amide bonds. The quantitative estimate of drug-likeness (QED) is 0.114. The molecule has 339 valence electrons. The van der Waals surface area contributed by atoms with Crippen molar-refractivity contribution in [3.05, 3.63) is 227 Å². The van der Waals surface area contributed by atoms with Crippen LogP contribution < -0.4 is 31.1 Å². The molecule has 0 aliphatic heterocycles. The van der Waals surface area contributed by atoms with E-state index in [1.165, 1.54) is 79.1 Å². The van der Waals surface area contributed by atoms with E-state index in [0.29, 0.717) is 0 Å². The Bertz CT molecular complexity index is 2530. The van der Waals surface area contributed by atoms with E-state index in [0.717, 1.165) is 37.2 Å². The van der Waals surface area contributed by atoms with E-state index in [1.54, 1.807) is 11.1 Å². The molecule has 4 aliphatic carbocycles. The highest BCUT2D eigenvalue weighted by molar-refractivity contribution is 7.00. The van der Waals surface area contributed by atoms with Gasteiger partial charge in [-0.25, -0.2) is 0 Å². The van der Waals surface area contributed by atoms with Crippen molar-refractivity contribution in [3.63, 3.8) is 0 Å². The van der Waals surface area contributed by atoms with Crippen LogP contribution in [0.4, 0.5) is 0 Å². The molecule has 2 nitrogen and oxygen atoms in total. The predicted octanol–water partition coefficient (Wildman–Crippen LogP) is 11.9. The van der Waals surface area contributed by atoms with Crippen molar-refractivity contribution in [2.75, 3.05) is 0 Å². The van der Waals surface area contributed by atoms with Gasteiger partial charge in [-0.2, -0.15) is 0 Å². The van der Waals surface area contributed by atoms with Crippen molar-refractivity contribution in [3.8, 4) is 0 Å². The van der Waals surface area contributed by atoms with Crippen molar-refractivity contribution >= 4 is 57.3 Å². The zero-order chi connectivity index (χ0) is 46.2. The average molecular weight is 928 g/mol. The van der Waals surface area contributed by atoms with Crippen molar-refractivity contribution in [2.45, 2.75) is 115 Å². The molecule has 0 fully saturated rings. The SMILES string of the molecule is CC(C)(C)[Si](OC1=CC2=C(CCCC2)C1c1ccc([SiH]c2ccc(C3C(O[Si](c4ccccc4)(c4ccccc4)C(C)(C)C)=CC4=C3CCCC4)cc2)cc1)(c1ccccc1)c1ccccc1. The van der Waals surface area contributed by atoms with Crippen molar-refractivity contribution < 1.29 is 8.85 Å². The summed E-state index contributed by atoms with van der Waals surface area (Å²) in [6, 6.07) is 63.8. The Morgan fingerprint density at radius 3 is 0.985 bits per heavy atom. The summed E-state index contributed by atoms with van der Waals surface area (Å²) in [6.45, 7) is 14.3. The lowest BCUT2D eigenvalue weighted by molar-refractivity contribution is 0.373. The lowest BCUT2D eigenvalue weighted by Crippen LogP contribution is -2.66. The summed E-state index contributed by atoms with van der Waals surface area (Å²) in [5, 5.41) is 7.93. The van der Waals surface area contributed by atoms with Crippen molar-refractivity contribution in [1.29, 1.82) is 0 Å². The number of rotatable bonds is 12. The van der Waals surface area contributed by atoms with Gasteiger partial charge in [-0.05, 0) is 117 Å². The summed E-state index contributed by atoms with van der Waals surface area (Å²) in [5.74, 6) is 2.60. The fourth-order valence-electron chi connectivity index (χ4n) is 12.1. The first-order valence-corrected chi connectivity index (χ1v) is 30.0. The predicted molar refractivity (Wildman–Crippen MR) is 289 cm³/mol. The molecular formula is C62H67O2Si3. The molecule has 0 saturated carbocycles. The first-order valence-electron chi connectivity index (χ1n) is 25.0. The topological polar surface area (TPSA) is 18.5 Å². The van der Waals surface area contributed by atoms with E-state index in [9.17, 15) is 0 Å². The van der Waals surface area contributed by atoms with E-state index >= 15 is 0 Å². The molecule has 2 unspecified atom stereocenters. The molecular weight excluding hydrogens is 861 g/mol. The standard InChI is InChI=1S/C62H67O2Si3/c1-61(2,3)66(51-25-11-7-12-26-51,52-27-13-8-14-28-52)63-57-43-47-23-19-21-33-55(47)59(57)45-35-39-49(40-36-45)65-50-41-37-46(38-42-50)60-56-34-22-20-24-48(56)44-58(60)64-67(62(4,5)6,53-29-15-9-16-30-53)54-31-17-10-18-32-54/h7-18,25-32,35-44,59-60,65H,19-24,33-34H2,1-6H3. The molecule has 0 saturated heterocycles. The number of hydrogen-bond acceptors (Lipinski definition) is 2. The van der Waals surface area contributed by atoms with Crippen LogP contribution in [0.2, 0.25) is 10.1 Å². The second-order valence-corrected chi connectivity index (χ2v) is 31.5. The van der Waals surface area contributed by atoms with Crippen molar-refractivity contribution in [1.82, 2.24) is 0 Å².